The van der Waals surface area contributed by atoms with Gasteiger partial charge in [0.2, 0.25) is 5.91 Å². The molecule has 1 fully saturated rings. The molecule has 0 spiro atoms. The SMILES string of the molecule is CN1CCCC1CCNC(=O)Cc1ccc2c(c1)C(NC(=O)OC(C)(C)C)C(O)C(C)(C)O2. The van der Waals surface area contributed by atoms with Crippen molar-refractivity contribution in [3.63, 3.8) is 0 Å². The summed E-state index contributed by atoms with van der Waals surface area (Å²) in [6.45, 7) is 10.7. The second-order valence-electron chi connectivity index (χ2n) is 10.7. The molecule has 8 heteroatoms. The molecule has 2 aliphatic heterocycles. The van der Waals surface area contributed by atoms with Crippen LogP contribution >= 0.6 is 0 Å². The Bertz CT molecular complexity index is 864. The highest BCUT2D eigenvalue weighted by molar-refractivity contribution is 5.78. The first-order chi connectivity index (χ1) is 15.4. The summed E-state index contributed by atoms with van der Waals surface area (Å²) in [7, 11) is 2.13. The van der Waals surface area contributed by atoms with Gasteiger partial charge < -0.3 is 30.1 Å². The molecule has 2 aliphatic rings. The Hall–Kier alpha value is -2.32. The lowest BCUT2D eigenvalue weighted by Crippen LogP contribution is -2.54. The van der Waals surface area contributed by atoms with Crippen LogP contribution in [-0.2, 0) is 16.0 Å². The molecule has 1 aromatic carbocycles. The van der Waals surface area contributed by atoms with Crippen LogP contribution in [0.2, 0.25) is 0 Å². The Morgan fingerprint density at radius 1 is 1.30 bits per heavy atom. The van der Waals surface area contributed by atoms with Crippen molar-refractivity contribution in [3.8, 4) is 5.75 Å². The second kappa shape index (κ2) is 9.89. The number of amides is 2. The molecule has 3 unspecified atom stereocenters. The number of alkyl carbamates (subject to hydrolysis) is 1. The lowest BCUT2D eigenvalue weighted by atomic mass is 9.85. The summed E-state index contributed by atoms with van der Waals surface area (Å²) in [4.78, 5) is 27.3. The van der Waals surface area contributed by atoms with Gasteiger partial charge in [-0.15, -0.1) is 0 Å². The average Bonchev–Trinajstić information content (AvgIpc) is 3.09. The first kappa shape index (κ1) is 25.3. The van der Waals surface area contributed by atoms with Crippen molar-refractivity contribution in [2.24, 2.45) is 0 Å². The molecule has 2 heterocycles. The van der Waals surface area contributed by atoms with Gasteiger partial charge in [-0.05, 0) is 85.2 Å². The smallest absolute Gasteiger partial charge is 0.408 e. The number of benzene rings is 1. The molecule has 184 valence electrons. The van der Waals surface area contributed by atoms with Crippen LogP contribution in [-0.4, -0.2) is 65.5 Å². The lowest BCUT2D eigenvalue weighted by molar-refractivity contribution is -0.120. The topological polar surface area (TPSA) is 100 Å². The van der Waals surface area contributed by atoms with E-state index in [9.17, 15) is 14.7 Å². The molecule has 3 N–H and O–H groups in total. The van der Waals surface area contributed by atoms with Crippen molar-refractivity contribution in [2.75, 3.05) is 20.1 Å². The molecule has 33 heavy (non-hydrogen) atoms. The third kappa shape index (κ3) is 6.60. The van der Waals surface area contributed by atoms with Crippen molar-refractivity contribution in [1.29, 1.82) is 0 Å². The van der Waals surface area contributed by atoms with Gasteiger partial charge >= 0.3 is 6.09 Å². The van der Waals surface area contributed by atoms with Gasteiger partial charge in [0.15, 0.2) is 0 Å². The predicted octanol–water partition coefficient (Wildman–Crippen LogP) is 2.93. The van der Waals surface area contributed by atoms with E-state index in [2.05, 4.69) is 22.6 Å². The Morgan fingerprint density at radius 2 is 2.03 bits per heavy atom. The minimum atomic E-state index is -0.995. The number of nitrogens with one attached hydrogen (secondary N) is 2. The van der Waals surface area contributed by atoms with Crippen molar-refractivity contribution < 1.29 is 24.2 Å². The first-order valence-corrected chi connectivity index (χ1v) is 11.8. The van der Waals surface area contributed by atoms with Gasteiger partial charge in [0.1, 0.15) is 23.1 Å². The number of ether oxygens (including phenoxy) is 2. The van der Waals surface area contributed by atoms with E-state index in [0.29, 0.717) is 23.9 Å². The lowest BCUT2D eigenvalue weighted by Gasteiger charge is -2.42. The quantitative estimate of drug-likeness (QED) is 0.602. The van der Waals surface area contributed by atoms with Gasteiger partial charge in [-0.2, -0.15) is 0 Å². The fraction of sp³-hybridized carbons (Fsp3) is 0.680. The molecular formula is C25H39N3O5. The molecule has 0 saturated carbocycles. The summed E-state index contributed by atoms with van der Waals surface area (Å²) in [5, 5.41) is 16.7. The number of likely N-dealkylation sites (tertiary alicyclic amines) is 1. The van der Waals surface area contributed by atoms with Crippen LogP contribution in [0.5, 0.6) is 5.75 Å². The van der Waals surface area contributed by atoms with Gasteiger partial charge in [0.25, 0.3) is 0 Å². The molecule has 3 rings (SSSR count). The Balaban J connectivity index is 1.68. The normalized spacial score (nSPS) is 24.5. The molecule has 0 radical (unpaired) electrons. The van der Waals surface area contributed by atoms with Crippen molar-refractivity contribution in [1.82, 2.24) is 15.5 Å². The highest BCUT2D eigenvalue weighted by Crippen LogP contribution is 2.40. The zero-order valence-electron chi connectivity index (χ0n) is 20.7. The highest BCUT2D eigenvalue weighted by atomic mass is 16.6. The van der Waals surface area contributed by atoms with E-state index >= 15 is 0 Å². The van der Waals surface area contributed by atoms with Crippen molar-refractivity contribution >= 4 is 12.0 Å². The van der Waals surface area contributed by atoms with Gasteiger partial charge in [-0.25, -0.2) is 4.79 Å². The molecule has 3 atom stereocenters. The summed E-state index contributed by atoms with van der Waals surface area (Å²) in [6.07, 6.45) is 1.95. The Morgan fingerprint density at radius 3 is 2.67 bits per heavy atom. The third-order valence-electron chi connectivity index (χ3n) is 6.32. The summed E-state index contributed by atoms with van der Waals surface area (Å²) in [5.74, 6) is 0.518. The zero-order chi connectivity index (χ0) is 24.4. The van der Waals surface area contributed by atoms with Crippen LogP contribution in [0.15, 0.2) is 18.2 Å². The van der Waals surface area contributed by atoms with Crippen LogP contribution in [0.1, 0.15) is 71.0 Å². The van der Waals surface area contributed by atoms with Gasteiger partial charge in [0.05, 0.1) is 12.5 Å². The van der Waals surface area contributed by atoms with Gasteiger partial charge in [0, 0.05) is 18.2 Å². The minimum Gasteiger partial charge on any atom is -0.485 e. The van der Waals surface area contributed by atoms with Gasteiger partial charge in [-0.3, -0.25) is 4.79 Å². The minimum absolute atomic E-state index is 0.0511. The molecular weight excluding hydrogens is 422 g/mol. The zero-order valence-corrected chi connectivity index (χ0v) is 20.7. The third-order valence-corrected chi connectivity index (χ3v) is 6.32. The highest BCUT2D eigenvalue weighted by Gasteiger charge is 2.44. The maximum Gasteiger partial charge on any atom is 0.408 e. The molecule has 1 saturated heterocycles. The number of carbonyl (C=O) groups is 2. The average molecular weight is 462 g/mol. The van der Waals surface area contributed by atoms with Crippen LogP contribution < -0.4 is 15.4 Å². The number of aliphatic hydroxyl groups excluding tert-OH is 1. The summed E-state index contributed by atoms with van der Waals surface area (Å²) in [6, 6.07) is 5.28. The number of nitrogens with zero attached hydrogens (tertiary/aromatic N) is 1. The molecule has 0 aromatic heterocycles. The van der Waals surface area contributed by atoms with E-state index in [1.165, 1.54) is 12.8 Å². The number of carbonyl (C=O) groups excluding carboxylic acids is 2. The maximum atomic E-state index is 12.5. The summed E-state index contributed by atoms with van der Waals surface area (Å²) < 4.78 is 11.4. The largest absolute Gasteiger partial charge is 0.485 e. The fourth-order valence-electron chi connectivity index (χ4n) is 4.52. The van der Waals surface area contributed by atoms with E-state index in [1.54, 1.807) is 40.7 Å². The van der Waals surface area contributed by atoms with Crippen LogP contribution in [0.25, 0.3) is 0 Å². The number of hydrogen-bond donors (Lipinski definition) is 3. The number of rotatable bonds is 6. The maximum absolute atomic E-state index is 12.5. The predicted molar refractivity (Wildman–Crippen MR) is 126 cm³/mol. The molecule has 2 amide bonds. The summed E-state index contributed by atoms with van der Waals surface area (Å²) in [5.41, 5.74) is -0.147. The van der Waals surface area contributed by atoms with Crippen molar-refractivity contribution in [3.05, 3.63) is 29.3 Å². The molecule has 0 bridgehead atoms. The Labute approximate surface area is 197 Å². The van der Waals surface area contributed by atoms with E-state index in [0.717, 1.165) is 18.5 Å². The van der Waals surface area contributed by atoms with Crippen molar-refractivity contribution in [2.45, 2.75) is 89.7 Å². The molecule has 8 nitrogen and oxygen atoms in total. The van der Waals surface area contributed by atoms with E-state index < -0.39 is 29.4 Å². The standard InChI is InChI=1S/C25H39N3O5/c1-24(2,3)33-23(31)27-21-18-14-16(9-10-19(18)32-25(4,5)22(21)30)15-20(29)26-12-11-17-8-7-13-28(17)6/h9-10,14,17,21-22,30H,7-8,11-13,15H2,1-6H3,(H,26,29)(H,27,31). The fourth-order valence-corrected chi connectivity index (χ4v) is 4.52. The van der Waals surface area contributed by atoms with E-state index in [4.69, 9.17) is 9.47 Å². The molecule has 1 aromatic rings. The number of aliphatic hydroxyl groups is 1. The molecule has 0 aliphatic carbocycles. The van der Waals surface area contributed by atoms with E-state index in [1.807, 2.05) is 12.1 Å². The second-order valence-corrected chi connectivity index (χ2v) is 10.7. The first-order valence-electron chi connectivity index (χ1n) is 11.8. The van der Waals surface area contributed by atoms with Crippen LogP contribution in [0.3, 0.4) is 0 Å². The number of hydrogen-bond acceptors (Lipinski definition) is 6. The van der Waals surface area contributed by atoms with E-state index in [-0.39, 0.29) is 12.3 Å². The number of fused-ring (bicyclic) bond motifs is 1. The Kier molecular flexibility index (Phi) is 7.59. The van der Waals surface area contributed by atoms with Gasteiger partial charge in [-0.1, -0.05) is 6.07 Å². The van der Waals surface area contributed by atoms with Crippen LogP contribution in [0.4, 0.5) is 4.79 Å². The monoisotopic (exact) mass is 461 g/mol. The summed E-state index contributed by atoms with van der Waals surface area (Å²) >= 11 is 0. The van der Waals surface area contributed by atoms with Crippen LogP contribution in [0, 0.1) is 0 Å².